The first-order valence-electron chi connectivity index (χ1n) is 25.2. The van der Waals surface area contributed by atoms with Crippen molar-refractivity contribution in [2.45, 2.75) is 100 Å². The average molecular weight is 977 g/mol. The van der Waals surface area contributed by atoms with Crippen molar-refractivity contribution in [1.29, 1.82) is 0 Å². The summed E-state index contributed by atoms with van der Waals surface area (Å²) in [4.78, 5) is 35.9. The highest BCUT2D eigenvalue weighted by atomic mass is 16.7. The molecule has 1 amide bonds. The van der Waals surface area contributed by atoms with E-state index in [0.717, 1.165) is 94.5 Å². The van der Waals surface area contributed by atoms with E-state index < -0.39 is 48.7 Å². The number of ketones is 1. The predicted octanol–water partition coefficient (Wildman–Crippen LogP) is 5.55. The van der Waals surface area contributed by atoms with Gasteiger partial charge in [0.1, 0.15) is 47.2 Å². The van der Waals surface area contributed by atoms with Crippen molar-refractivity contribution in [3.05, 3.63) is 116 Å². The standard InChI is InChI=1S/C57H57N3O12/c1-67-20-4-3-19-58-24-30-13-17-41-38(22-30)39(25-59-41)43-18-16-37-52(68-2)36-15-14-33-23-32-9-6-11-34(32)46-45(33)47(36)49-51(64)48(46)42(62)27-60-26-40-31(8-5-12-35(40)55(60)65)10-7-21-69-54-50(63)44(28-70-43)71-56(72-53(37)49)57(54,66)29-61/h5,8,12-13,16-18,22-23,25,32,34,43-44,50,54,56,58,61,63,66H,3-4,6,9-11,14-15,19-20,24,26-29H2,1-2H3/p+1. The number of allylic oxidation sites excluding steroid dienone is 5. The fraction of sp³-hybridized carbons (Fsp3) is 0.439. The molecular weight excluding hydrogens is 919 g/mol. The molecule has 1 saturated carbocycles. The maximum Gasteiger partial charge on any atom is 0.254 e. The number of fused-ring (bicyclic) bond motifs is 8. The second kappa shape index (κ2) is 18.7. The van der Waals surface area contributed by atoms with E-state index in [4.69, 9.17) is 33.4 Å². The zero-order valence-electron chi connectivity index (χ0n) is 40.4. The first-order chi connectivity index (χ1) is 35.1. The number of aliphatic hydroxyl groups is 3. The summed E-state index contributed by atoms with van der Waals surface area (Å²) in [6.07, 6.45) is 15.4. The van der Waals surface area contributed by atoms with E-state index in [1.54, 1.807) is 38.6 Å². The van der Waals surface area contributed by atoms with Crippen LogP contribution in [0.15, 0.2) is 69.9 Å². The topological polar surface area (TPSA) is 198 Å². The van der Waals surface area contributed by atoms with E-state index >= 15 is 4.79 Å². The summed E-state index contributed by atoms with van der Waals surface area (Å²) in [7, 11) is 3.28. The fourth-order valence-corrected chi connectivity index (χ4v) is 12.6. The zero-order chi connectivity index (χ0) is 49.4. The van der Waals surface area contributed by atoms with Crippen LogP contribution in [0.3, 0.4) is 0 Å². The lowest BCUT2D eigenvalue weighted by Crippen LogP contribution is -2.70. The average Bonchev–Trinajstić information content (AvgIpc) is 4.12. The van der Waals surface area contributed by atoms with Gasteiger partial charge in [-0.25, -0.2) is 0 Å². The van der Waals surface area contributed by atoms with E-state index in [1.165, 1.54) is 4.90 Å². The number of aliphatic imine (C=N–C) groups is 1. The number of rotatable bonds is 10. The summed E-state index contributed by atoms with van der Waals surface area (Å²) < 4.78 is 38.1. The Morgan fingerprint density at radius 1 is 1.07 bits per heavy atom. The van der Waals surface area contributed by atoms with Gasteiger partial charge in [-0.3, -0.25) is 9.59 Å². The molecule has 2 fully saturated rings. The summed E-state index contributed by atoms with van der Waals surface area (Å²) in [6, 6.07) is 5.37. The largest absolute Gasteiger partial charge is 0.506 e. The number of hydrogen-bond acceptors (Lipinski definition) is 14. The monoisotopic (exact) mass is 976 g/mol. The van der Waals surface area contributed by atoms with Gasteiger partial charge in [0.15, 0.2) is 23.2 Å². The Labute approximate surface area is 417 Å². The molecule has 3 aromatic rings. The lowest BCUT2D eigenvalue weighted by molar-refractivity contribution is -0.327. The van der Waals surface area contributed by atoms with Crippen molar-refractivity contribution in [2.24, 2.45) is 10.9 Å². The van der Waals surface area contributed by atoms with Gasteiger partial charge in [-0.05, 0) is 103 Å². The van der Waals surface area contributed by atoms with Crippen molar-refractivity contribution < 1.29 is 58.4 Å². The third-order valence-corrected chi connectivity index (χ3v) is 16.2. The molecule has 372 valence electrons. The summed E-state index contributed by atoms with van der Waals surface area (Å²) in [5.74, 6) is 2.51. The normalized spacial score (nSPS) is 28.6. The van der Waals surface area contributed by atoms with Crippen LogP contribution in [0.2, 0.25) is 0 Å². The van der Waals surface area contributed by atoms with Crippen LogP contribution < -0.4 is 14.8 Å². The number of phenols is 1. The number of benzene rings is 3. The number of carbonyl (C=O) groups is 2. The Morgan fingerprint density at radius 2 is 1.96 bits per heavy atom. The molecule has 5 heterocycles. The Morgan fingerprint density at radius 3 is 2.81 bits per heavy atom. The number of methoxy groups -OCH3 is 2. The van der Waals surface area contributed by atoms with Crippen molar-refractivity contribution in [3.63, 3.8) is 0 Å². The van der Waals surface area contributed by atoms with Crippen LogP contribution in [-0.4, -0.2) is 133 Å². The Kier molecular flexibility index (Phi) is 12.1. The third kappa shape index (κ3) is 7.52. The number of ether oxygens (including phenoxy) is 6. The predicted molar refractivity (Wildman–Crippen MR) is 266 cm³/mol. The fourth-order valence-electron chi connectivity index (χ4n) is 12.6. The van der Waals surface area contributed by atoms with E-state index in [-0.39, 0.29) is 66.3 Å². The number of unbranched alkanes of at least 4 members (excludes halogenated alkanes) is 1. The Hall–Kier alpha value is -6.22. The molecule has 5 N–H and O–H groups in total. The van der Waals surface area contributed by atoms with E-state index in [9.17, 15) is 25.2 Å². The smallest absolute Gasteiger partial charge is 0.254 e. The van der Waals surface area contributed by atoms with Crippen molar-refractivity contribution in [2.75, 3.05) is 53.7 Å². The van der Waals surface area contributed by atoms with Crippen LogP contribution in [0, 0.1) is 24.4 Å². The van der Waals surface area contributed by atoms with Crippen LogP contribution in [0.4, 0.5) is 0 Å². The molecule has 8 atom stereocenters. The molecule has 15 heteroatoms. The van der Waals surface area contributed by atoms with Gasteiger partial charge in [0.05, 0.1) is 55.2 Å². The maximum atomic E-state index is 15.4. The maximum absolute atomic E-state index is 15.4. The lowest BCUT2D eigenvalue weighted by atomic mass is 9.69. The molecule has 8 bridgehead atoms. The first-order valence-corrected chi connectivity index (χ1v) is 25.2. The molecule has 5 aliphatic heterocycles. The van der Waals surface area contributed by atoms with Gasteiger partial charge in [0.2, 0.25) is 6.29 Å². The SMILES string of the molecule is COCCCCNCC1=CC=C2N=CC(C3C=Cc4c(OC)c5c6c7c(c8c(O)c6c4OC4OC(CO3)C(O)C(OC#CCc3cccc6c3CN(CC8=O)C6=O)C4(O)CO)C3CCCC3C=C7CC5)=C2[CH+]1. The van der Waals surface area contributed by atoms with E-state index in [2.05, 4.69) is 29.8 Å². The minimum atomic E-state index is -2.47. The van der Waals surface area contributed by atoms with Gasteiger partial charge in [0.25, 0.3) is 5.91 Å². The van der Waals surface area contributed by atoms with E-state index in [0.29, 0.717) is 48.3 Å². The number of aromatic hydroxyl groups is 1. The molecular formula is C57H58N3O12+. The van der Waals surface area contributed by atoms with Crippen LogP contribution in [0.5, 0.6) is 17.2 Å². The van der Waals surface area contributed by atoms with Gasteiger partial charge in [-0.1, -0.05) is 30.6 Å². The summed E-state index contributed by atoms with van der Waals surface area (Å²) in [6.45, 7) is 0.788. The summed E-state index contributed by atoms with van der Waals surface area (Å²) in [5, 5.41) is 53.8. The molecule has 8 unspecified atom stereocenters. The molecule has 0 radical (unpaired) electrons. The van der Waals surface area contributed by atoms with Crippen molar-refractivity contribution in [1.82, 2.24) is 10.2 Å². The molecule has 0 aromatic heterocycles. The van der Waals surface area contributed by atoms with Gasteiger partial charge in [0, 0.05) is 73.9 Å². The van der Waals surface area contributed by atoms with Crippen LogP contribution in [0.25, 0.3) is 22.4 Å². The number of hydrogen-bond donors (Lipinski definition) is 5. The number of Topliss-reactive ketones (excluding diaryl/α,β-unsaturated/α-hetero) is 1. The highest BCUT2D eigenvalue weighted by Crippen LogP contribution is 2.60. The molecule has 1 saturated heterocycles. The number of aryl methyl sites for hydroxylation is 1. The molecule has 72 heavy (non-hydrogen) atoms. The first kappa shape index (κ1) is 46.8. The second-order valence-electron chi connectivity index (χ2n) is 20.3. The number of carbonyl (C=O) groups excluding carboxylic acids is 2. The second-order valence-corrected chi connectivity index (χ2v) is 20.3. The van der Waals surface area contributed by atoms with Crippen LogP contribution in [-0.2, 0) is 38.3 Å². The number of nitrogens with one attached hydrogen (secondary N) is 1. The van der Waals surface area contributed by atoms with Crippen LogP contribution in [0.1, 0.15) is 98.5 Å². The minimum absolute atomic E-state index is 0.00301. The molecule has 15 nitrogen and oxygen atoms in total. The highest BCUT2D eigenvalue weighted by Gasteiger charge is 2.59. The van der Waals surface area contributed by atoms with Gasteiger partial charge in [-0.2, -0.15) is 4.99 Å². The Bertz CT molecular complexity index is 3060. The van der Waals surface area contributed by atoms with E-state index in [1.807, 2.05) is 24.3 Å². The summed E-state index contributed by atoms with van der Waals surface area (Å²) >= 11 is 0. The number of aliphatic hydroxyl groups excluding tert-OH is 2. The minimum Gasteiger partial charge on any atom is -0.506 e. The van der Waals surface area contributed by atoms with Gasteiger partial charge in [-0.15, -0.1) is 0 Å². The van der Waals surface area contributed by atoms with Crippen molar-refractivity contribution in [3.8, 4) is 29.3 Å². The van der Waals surface area contributed by atoms with Gasteiger partial charge >= 0.3 is 0 Å². The molecule has 0 spiro atoms. The molecule has 9 aliphatic rings. The number of nitrogens with zero attached hydrogens (tertiary/aromatic N) is 2. The van der Waals surface area contributed by atoms with Crippen LogP contribution >= 0.6 is 0 Å². The zero-order valence-corrected chi connectivity index (χ0v) is 40.4. The number of phenolic OH excluding ortho intramolecular Hbond substituents is 1. The molecule has 12 rings (SSSR count). The van der Waals surface area contributed by atoms with Crippen molar-refractivity contribution >= 4 is 40.3 Å². The third-order valence-electron chi connectivity index (χ3n) is 16.2. The molecule has 3 aromatic carbocycles. The lowest BCUT2D eigenvalue weighted by Gasteiger charge is -2.47. The highest BCUT2D eigenvalue weighted by molar-refractivity contribution is 6.17. The Balaban J connectivity index is 1.07. The quantitative estimate of drug-likeness (QED) is 0.0965. The van der Waals surface area contributed by atoms with Gasteiger partial charge < -0.3 is 59.1 Å². The summed E-state index contributed by atoms with van der Waals surface area (Å²) in [5.41, 5.74) is 6.83. The number of amides is 1. The molecule has 4 aliphatic carbocycles.